The summed E-state index contributed by atoms with van der Waals surface area (Å²) in [5.41, 5.74) is 0. The van der Waals surface area contributed by atoms with Crippen LogP contribution in [0.4, 0.5) is 0 Å². The van der Waals surface area contributed by atoms with Crippen molar-refractivity contribution in [3.8, 4) is 0 Å². The van der Waals surface area contributed by atoms with E-state index in [2.05, 4.69) is 0 Å². The van der Waals surface area contributed by atoms with E-state index in [1.165, 1.54) is 0 Å². The average Bonchev–Trinajstić information content (AvgIpc) is 1.88. The molecule has 0 aliphatic rings. The molecule has 0 aromatic carbocycles. The van der Waals surface area contributed by atoms with Crippen molar-refractivity contribution < 1.29 is 35.7 Å². The smallest absolute Gasteiger partial charge is 0.374 e. The van der Waals surface area contributed by atoms with Crippen molar-refractivity contribution in [1.82, 2.24) is 0 Å². The third kappa shape index (κ3) is 6.36. The van der Waals surface area contributed by atoms with Crippen LogP contribution in [0.25, 0.3) is 0 Å². The molecule has 12 heavy (non-hydrogen) atoms. The molecule has 0 spiro atoms. The molecule has 0 atom stereocenters. The Kier molecular flexibility index (Phi) is 10.8. The van der Waals surface area contributed by atoms with E-state index in [1.54, 1.807) is 0 Å². The third-order valence-corrected chi connectivity index (χ3v) is 3.66. The molecule has 0 aromatic heterocycles. The Bertz CT molecular complexity index is 85.6. The Morgan fingerprint density at radius 3 is 1.25 bits per heavy atom. The first-order valence-electron chi connectivity index (χ1n) is 4.10. The van der Waals surface area contributed by atoms with E-state index >= 15 is 0 Å². The maximum atomic E-state index is 5.40. The minimum absolute atomic E-state index is 0. The molecule has 0 rings (SSSR count). The van der Waals surface area contributed by atoms with Crippen LogP contribution in [0.3, 0.4) is 0 Å². The number of rotatable bonds is 6. The van der Waals surface area contributed by atoms with Gasteiger partial charge in [-0.2, -0.15) is 0 Å². The maximum absolute atomic E-state index is 5.40. The van der Waals surface area contributed by atoms with Crippen LogP contribution in [0, 0.1) is 0 Å². The van der Waals surface area contributed by atoms with Crippen molar-refractivity contribution in [2.45, 2.75) is 27.3 Å². The quantitative estimate of drug-likeness (QED) is 0.661. The Morgan fingerprint density at radius 2 is 1.08 bits per heavy atom. The first-order valence-corrected chi connectivity index (χ1v) is 6.32. The largest absolute Gasteiger partial charge is 0.497 e. The zero-order valence-electron chi connectivity index (χ0n) is 8.15. The van der Waals surface area contributed by atoms with Gasteiger partial charge in [0.1, 0.15) is 0 Å². The fourth-order valence-corrected chi connectivity index (χ4v) is 2.73. The first-order chi connectivity index (χ1) is 5.18. The summed E-state index contributed by atoms with van der Waals surface area (Å²) in [6.45, 7) is 9.73. The Morgan fingerprint density at radius 1 is 0.833 bits per heavy atom. The molecule has 1 radical (unpaired) electrons. The van der Waals surface area contributed by atoms with E-state index in [0.29, 0.717) is 19.8 Å². The topological polar surface area (TPSA) is 27.7 Å². The second-order valence-electron chi connectivity index (χ2n) is 2.16. The molecule has 0 saturated heterocycles. The normalized spacial score (nSPS) is 11.0. The van der Waals surface area contributed by atoms with Crippen LogP contribution in [-0.4, -0.2) is 28.6 Å². The molecular formula is C7H18AuO3Si. The van der Waals surface area contributed by atoms with Crippen LogP contribution in [0.15, 0.2) is 0 Å². The van der Waals surface area contributed by atoms with E-state index < -0.39 is 8.80 Å². The van der Waals surface area contributed by atoms with Gasteiger partial charge in [0.25, 0.3) is 0 Å². The molecule has 0 amide bonds. The van der Waals surface area contributed by atoms with Crippen molar-refractivity contribution in [3.63, 3.8) is 0 Å². The summed E-state index contributed by atoms with van der Waals surface area (Å²) in [6, 6.07) is 0. The van der Waals surface area contributed by atoms with Crippen LogP contribution in [0.5, 0.6) is 0 Å². The van der Waals surface area contributed by atoms with Gasteiger partial charge in [0.2, 0.25) is 0 Å². The van der Waals surface area contributed by atoms with Gasteiger partial charge in [-0.1, -0.05) is 0 Å². The molecule has 0 N–H and O–H groups in total. The van der Waals surface area contributed by atoms with E-state index in [9.17, 15) is 0 Å². The number of hydrogen-bond donors (Lipinski definition) is 0. The molecule has 79 valence electrons. The van der Waals surface area contributed by atoms with E-state index in [-0.39, 0.29) is 22.4 Å². The van der Waals surface area contributed by atoms with Crippen LogP contribution >= 0.6 is 0 Å². The molecule has 0 saturated carbocycles. The van der Waals surface area contributed by atoms with Crippen molar-refractivity contribution in [1.29, 1.82) is 0 Å². The summed E-state index contributed by atoms with van der Waals surface area (Å²) in [5, 5.41) is 0. The fraction of sp³-hybridized carbons (Fsp3) is 1.00. The summed E-state index contributed by atoms with van der Waals surface area (Å²) in [5.74, 6) is 0. The predicted molar refractivity (Wildman–Crippen MR) is 46.5 cm³/mol. The minimum atomic E-state index is -2.25. The second kappa shape index (κ2) is 8.44. The maximum Gasteiger partial charge on any atom is 0.497 e. The standard InChI is InChI=1S/C7H18O3Si.Au/c1-5-8-11(4,9-6-2)10-7-3;/h5-7H2,1-4H3;. The SMILES string of the molecule is CCO[Si](C)(OCC)OCC.[Au]. The van der Waals surface area contributed by atoms with Gasteiger partial charge in [-0.25, -0.2) is 0 Å². The van der Waals surface area contributed by atoms with Crippen molar-refractivity contribution in [2.75, 3.05) is 19.8 Å². The van der Waals surface area contributed by atoms with Crippen LogP contribution in [-0.2, 0) is 35.7 Å². The molecule has 5 heteroatoms. The van der Waals surface area contributed by atoms with Crippen molar-refractivity contribution >= 4 is 8.80 Å². The molecule has 0 aromatic rings. The molecular weight excluding hydrogens is 357 g/mol. The summed E-state index contributed by atoms with van der Waals surface area (Å²) < 4.78 is 16.2. The monoisotopic (exact) mass is 375 g/mol. The van der Waals surface area contributed by atoms with Gasteiger partial charge in [0.05, 0.1) is 0 Å². The van der Waals surface area contributed by atoms with E-state index in [4.69, 9.17) is 13.3 Å². The molecule has 0 aliphatic carbocycles. The average molecular weight is 375 g/mol. The minimum Gasteiger partial charge on any atom is -0.374 e. The second-order valence-corrected chi connectivity index (χ2v) is 4.75. The molecule has 0 unspecified atom stereocenters. The van der Waals surface area contributed by atoms with Crippen molar-refractivity contribution in [2.24, 2.45) is 0 Å². The van der Waals surface area contributed by atoms with Gasteiger partial charge in [-0.3, -0.25) is 0 Å². The summed E-state index contributed by atoms with van der Waals surface area (Å²) in [4.78, 5) is 0. The van der Waals surface area contributed by atoms with Gasteiger partial charge in [-0.15, -0.1) is 0 Å². The molecule has 0 aliphatic heterocycles. The Hall–Kier alpha value is 0.837. The van der Waals surface area contributed by atoms with Crippen LogP contribution in [0.1, 0.15) is 20.8 Å². The van der Waals surface area contributed by atoms with E-state index in [0.717, 1.165) is 0 Å². The van der Waals surface area contributed by atoms with Crippen LogP contribution in [0.2, 0.25) is 6.55 Å². The first kappa shape index (κ1) is 15.3. The third-order valence-electron chi connectivity index (χ3n) is 1.22. The summed E-state index contributed by atoms with van der Waals surface area (Å²) in [6.07, 6.45) is 0. The van der Waals surface area contributed by atoms with Gasteiger partial charge in [0, 0.05) is 48.7 Å². The number of hydrogen-bond acceptors (Lipinski definition) is 3. The molecule has 3 nitrogen and oxygen atoms in total. The van der Waals surface area contributed by atoms with Gasteiger partial charge >= 0.3 is 8.80 Å². The van der Waals surface area contributed by atoms with Gasteiger partial charge < -0.3 is 13.3 Å². The van der Waals surface area contributed by atoms with Crippen molar-refractivity contribution in [3.05, 3.63) is 0 Å². The van der Waals surface area contributed by atoms with E-state index in [1.807, 2.05) is 27.3 Å². The fourth-order valence-electron chi connectivity index (χ4n) is 0.912. The molecule has 0 heterocycles. The van der Waals surface area contributed by atoms with Gasteiger partial charge in [0.15, 0.2) is 0 Å². The summed E-state index contributed by atoms with van der Waals surface area (Å²) in [7, 11) is -2.25. The Labute approximate surface area is 91.7 Å². The Balaban J connectivity index is 0. The summed E-state index contributed by atoms with van der Waals surface area (Å²) >= 11 is 0. The molecule has 0 fully saturated rings. The molecule has 0 bridgehead atoms. The van der Waals surface area contributed by atoms with Gasteiger partial charge in [-0.05, 0) is 20.8 Å². The zero-order chi connectivity index (χ0) is 8.74. The van der Waals surface area contributed by atoms with Crippen LogP contribution < -0.4 is 0 Å². The predicted octanol–water partition coefficient (Wildman–Crippen LogP) is 1.66. The zero-order valence-corrected chi connectivity index (χ0v) is 11.3.